The molecule has 0 atom stereocenters. The van der Waals surface area contributed by atoms with Crippen LogP contribution in [0.3, 0.4) is 0 Å². The number of carbonyl (C=O) groups is 1. The van der Waals surface area contributed by atoms with E-state index in [1.807, 2.05) is 11.8 Å². The molecular formula is C10H20N2O. The summed E-state index contributed by atoms with van der Waals surface area (Å²) in [4.78, 5) is 13.3. The van der Waals surface area contributed by atoms with E-state index in [2.05, 4.69) is 6.92 Å². The SMILES string of the molecule is CCCCCC(=O)N1CC(C)(N)C1. The first-order chi connectivity index (χ1) is 6.05. The number of rotatable bonds is 4. The number of unbranched alkanes of at least 4 members (excludes halogenated alkanes) is 2. The zero-order chi connectivity index (χ0) is 9.90. The second-order valence-electron chi connectivity index (χ2n) is 4.36. The predicted molar refractivity (Wildman–Crippen MR) is 53.3 cm³/mol. The van der Waals surface area contributed by atoms with E-state index in [0.717, 1.165) is 25.9 Å². The van der Waals surface area contributed by atoms with Crippen molar-refractivity contribution >= 4 is 5.91 Å². The lowest BCUT2D eigenvalue weighted by Crippen LogP contribution is -2.66. The Kier molecular flexibility index (Phi) is 3.31. The van der Waals surface area contributed by atoms with Crippen LogP contribution < -0.4 is 5.73 Å². The van der Waals surface area contributed by atoms with E-state index in [1.165, 1.54) is 6.42 Å². The average Bonchev–Trinajstić information content (AvgIpc) is 2.00. The fraction of sp³-hybridized carbons (Fsp3) is 0.900. The van der Waals surface area contributed by atoms with Crippen LogP contribution in [-0.2, 0) is 4.79 Å². The van der Waals surface area contributed by atoms with Crippen molar-refractivity contribution in [1.29, 1.82) is 0 Å². The molecule has 0 spiro atoms. The van der Waals surface area contributed by atoms with Crippen LogP contribution in [0.15, 0.2) is 0 Å². The molecule has 0 saturated carbocycles. The molecule has 1 saturated heterocycles. The number of amides is 1. The van der Waals surface area contributed by atoms with Crippen LogP contribution in [0.2, 0.25) is 0 Å². The molecule has 1 aliphatic rings. The quantitative estimate of drug-likeness (QED) is 0.666. The normalized spacial score (nSPS) is 19.8. The number of carbonyl (C=O) groups excluding carboxylic acids is 1. The standard InChI is InChI=1S/C10H20N2O/c1-3-4-5-6-9(13)12-7-10(2,11)8-12/h3-8,11H2,1-2H3. The van der Waals surface area contributed by atoms with Gasteiger partial charge in [0.1, 0.15) is 0 Å². The zero-order valence-corrected chi connectivity index (χ0v) is 8.68. The van der Waals surface area contributed by atoms with E-state index in [1.54, 1.807) is 0 Å². The second-order valence-corrected chi connectivity index (χ2v) is 4.36. The molecule has 0 aromatic rings. The van der Waals surface area contributed by atoms with E-state index in [-0.39, 0.29) is 11.4 Å². The third-order valence-corrected chi connectivity index (χ3v) is 2.45. The van der Waals surface area contributed by atoms with Gasteiger partial charge in [-0.1, -0.05) is 19.8 Å². The highest BCUT2D eigenvalue weighted by molar-refractivity contribution is 5.77. The van der Waals surface area contributed by atoms with Gasteiger partial charge in [0, 0.05) is 25.0 Å². The lowest BCUT2D eigenvalue weighted by Gasteiger charge is -2.45. The van der Waals surface area contributed by atoms with Gasteiger partial charge in [0.25, 0.3) is 0 Å². The molecule has 76 valence electrons. The van der Waals surface area contributed by atoms with E-state index < -0.39 is 0 Å². The molecule has 1 amide bonds. The number of likely N-dealkylation sites (tertiary alicyclic amines) is 1. The maximum atomic E-state index is 11.5. The Hall–Kier alpha value is -0.570. The van der Waals surface area contributed by atoms with Gasteiger partial charge in [0.05, 0.1) is 0 Å². The van der Waals surface area contributed by atoms with Crippen molar-refractivity contribution in [2.75, 3.05) is 13.1 Å². The highest BCUT2D eigenvalue weighted by Crippen LogP contribution is 2.18. The molecule has 1 fully saturated rings. The van der Waals surface area contributed by atoms with Gasteiger partial charge in [0.2, 0.25) is 5.91 Å². The molecule has 0 unspecified atom stereocenters. The molecule has 0 aromatic carbocycles. The molecule has 1 rings (SSSR count). The Balaban J connectivity index is 2.12. The number of hydrogen-bond acceptors (Lipinski definition) is 2. The predicted octanol–water partition coefficient (Wildman–Crippen LogP) is 1.13. The molecule has 1 aliphatic heterocycles. The number of nitrogens with two attached hydrogens (primary N) is 1. The summed E-state index contributed by atoms with van der Waals surface area (Å²) in [6.07, 6.45) is 4.04. The Labute approximate surface area is 80.3 Å². The molecule has 13 heavy (non-hydrogen) atoms. The number of nitrogens with zero attached hydrogens (tertiary/aromatic N) is 1. The van der Waals surface area contributed by atoms with Crippen LogP contribution >= 0.6 is 0 Å². The molecule has 2 N–H and O–H groups in total. The first-order valence-electron chi connectivity index (χ1n) is 5.12. The van der Waals surface area contributed by atoms with Gasteiger partial charge >= 0.3 is 0 Å². The van der Waals surface area contributed by atoms with Crippen molar-refractivity contribution in [3.05, 3.63) is 0 Å². The highest BCUT2D eigenvalue weighted by atomic mass is 16.2. The molecule has 0 aliphatic carbocycles. The van der Waals surface area contributed by atoms with E-state index >= 15 is 0 Å². The van der Waals surface area contributed by atoms with Crippen LogP contribution in [0.4, 0.5) is 0 Å². The summed E-state index contributed by atoms with van der Waals surface area (Å²) in [5.41, 5.74) is 5.69. The summed E-state index contributed by atoms with van der Waals surface area (Å²) in [6.45, 7) is 5.60. The average molecular weight is 184 g/mol. The lowest BCUT2D eigenvalue weighted by molar-refractivity contribution is -0.138. The van der Waals surface area contributed by atoms with Gasteiger partial charge in [-0.3, -0.25) is 4.79 Å². The second kappa shape index (κ2) is 4.09. The molecule has 1 heterocycles. The maximum Gasteiger partial charge on any atom is 0.222 e. The summed E-state index contributed by atoms with van der Waals surface area (Å²) in [7, 11) is 0. The Bertz CT molecular complexity index is 181. The Morgan fingerprint density at radius 1 is 1.46 bits per heavy atom. The van der Waals surface area contributed by atoms with Gasteiger partial charge in [-0.15, -0.1) is 0 Å². The minimum atomic E-state index is -0.125. The zero-order valence-electron chi connectivity index (χ0n) is 8.68. The largest absolute Gasteiger partial charge is 0.339 e. The first-order valence-corrected chi connectivity index (χ1v) is 5.12. The van der Waals surface area contributed by atoms with Crippen molar-refractivity contribution in [3.63, 3.8) is 0 Å². The van der Waals surface area contributed by atoms with Crippen LogP contribution in [0, 0.1) is 0 Å². The molecule has 0 radical (unpaired) electrons. The van der Waals surface area contributed by atoms with E-state index in [0.29, 0.717) is 6.42 Å². The third kappa shape index (κ3) is 2.99. The molecule has 3 nitrogen and oxygen atoms in total. The van der Waals surface area contributed by atoms with Gasteiger partial charge in [-0.05, 0) is 13.3 Å². The fourth-order valence-corrected chi connectivity index (χ4v) is 1.69. The van der Waals surface area contributed by atoms with Crippen molar-refractivity contribution in [2.24, 2.45) is 5.73 Å². The molecular weight excluding hydrogens is 164 g/mol. The van der Waals surface area contributed by atoms with Crippen molar-refractivity contribution < 1.29 is 4.79 Å². The summed E-state index contributed by atoms with van der Waals surface area (Å²) in [5.74, 6) is 0.274. The van der Waals surface area contributed by atoms with Gasteiger partial charge in [-0.25, -0.2) is 0 Å². The van der Waals surface area contributed by atoms with Crippen molar-refractivity contribution in [3.8, 4) is 0 Å². The smallest absolute Gasteiger partial charge is 0.222 e. The van der Waals surface area contributed by atoms with E-state index in [4.69, 9.17) is 5.73 Å². The van der Waals surface area contributed by atoms with E-state index in [9.17, 15) is 4.79 Å². The maximum absolute atomic E-state index is 11.5. The summed E-state index contributed by atoms with van der Waals surface area (Å²) >= 11 is 0. The van der Waals surface area contributed by atoms with Gasteiger partial charge < -0.3 is 10.6 Å². The van der Waals surface area contributed by atoms with Crippen LogP contribution in [0.25, 0.3) is 0 Å². The highest BCUT2D eigenvalue weighted by Gasteiger charge is 2.37. The monoisotopic (exact) mass is 184 g/mol. The van der Waals surface area contributed by atoms with Crippen molar-refractivity contribution in [2.45, 2.75) is 45.1 Å². The van der Waals surface area contributed by atoms with Gasteiger partial charge in [-0.2, -0.15) is 0 Å². The molecule has 3 heteroatoms. The van der Waals surface area contributed by atoms with Crippen LogP contribution in [-0.4, -0.2) is 29.4 Å². The van der Waals surface area contributed by atoms with Crippen LogP contribution in [0.5, 0.6) is 0 Å². The van der Waals surface area contributed by atoms with Crippen molar-refractivity contribution in [1.82, 2.24) is 4.90 Å². The summed E-state index contributed by atoms with van der Waals surface area (Å²) in [5, 5.41) is 0. The molecule has 0 bridgehead atoms. The first kappa shape index (κ1) is 10.5. The summed E-state index contributed by atoms with van der Waals surface area (Å²) < 4.78 is 0. The minimum Gasteiger partial charge on any atom is -0.339 e. The minimum absolute atomic E-state index is 0.125. The van der Waals surface area contributed by atoms with Crippen LogP contribution in [0.1, 0.15) is 39.5 Å². The lowest BCUT2D eigenvalue weighted by atomic mass is 9.93. The Morgan fingerprint density at radius 3 is 2.54 bits per heavy atom. The van der Waals surface area contributed by atoms with Gasteiger partial charge in [0.15, 0.2) is 0 Å². The third-order valence-electron chi connectivity index (χ3n) is 2.45. The topological polar surface area (TPSA) is 46.3 Å². The summed E-state index contributed by atoms with van der Waals surface area (Å²) in [6, 6.07) is 0. The number of hydrogen-bond donors (Lipinski definition) is 1. The molecule has 0 aromatic heterocycles. The Morgan fingerprint density at radius 2 is 2.08 bits per heavy atom. The fourth-order valence-electron chi connectivity index (χ4n) is 1.69.